The number of methoxy groups -OCH3 is 1. The normalized spacial score (nSPS) is 14.8. The third-order valence-electron chi connectivity index (χ3n) is 6.08. The molecule has 1 aliphatic rings. The van der Waals surface area contributed by atoms with Crippen LogP contribution in [0.15, 0.2) is 53.6 Å². The fourth-order valence-electron chi connectivity index (χ4n) is 4.36. The molecule has 188 valence electrons. The van der Waals surface area contributed by atoms with Crippen LogP contribution in [0.1, 0.15) is 18.9 Å². The van der Waals surface area contributed by atoms with E-state index in [4.69, 9.17) is 15.2 Å². The highest BCUT2D eigenvalue weighted by molar-refractivity contribution is 7.92. The van der Waals surface area contributed by atoms with Crippen LogP contribution < -0.4 is 15.2 Å². The van der Waals surface area contributed by atoms with E-state index in [0.29, 0.717) is 30.8 Å². The predicted molar refractivity (Wildman–Crippen MR) is 130 cm³/mol. The minimum atomic E-state index is -4.40. The van der Waals surface area contributed by atoms with Gasteiger partial charge in [-0.15, -0.1) is 0 Å². The molecule has 12 heteroatoms. The molecule has 0 radical (unpaired) electrons. The van der Waals surface area contributed by atoms with E-state index in [1.807, 2.05) is 22.8 Å². The highest BCUT2D eigenvalue weighted by atomic mass is 32.2. The van der Waals surface area contributed by atoms with Gasteiger partial charge >= 0.3 is 0 Å². The van der Waals surface area contributed by atoms with Crippen molar-refractivity contribution in [2.75, 3.05) is 30.8 Å². The lowest BCUT2D eigenvalue weighted by Gasteiger charge is -2.25. The van der Waals surface area contributed by atoms with Gasteiger partial charge in [-0.05, 0) is 48.7 Å². The molecular weight excluding hydrogens is 492 g/mol. The number of hydrogen-bond donors (Lipinski definition) is 2. The van der Waals surface area contributed by atoms with Crippen LogP contribution in [0.25, 0.3) is 22.2 Å². The second-order valence-corrected chi connectivity index (χ2v) is 10.00. The zero-order valence-electron chi connectivity index (χ0n) is 19.2. The van der Waals surface area contributed by atoms with Gasteiger partial charge < -0.3 is 19.8 Å². The van der Waals surface area contributed by atoms with Crippen LogP contribution in [0, 0.1) is 11.6 Å². The molecule has 0 bridgehead atoms. The maximum Gasteiger partial charge on any atom is 0.264 e. The maximum atomic E-state index is 14.2. The first-order valence-corrected chi connectivity index (χ1v) is 12.6. The molecule has 3 N–H and O–H groups in total. The van der Waals surface area contributed by atoms with E-state index in [-0.39, 0.29) is 17.6 Å². The number of nitrogens with zero attached hydrogens (tertiary/aromatic N) is 3. The summed E-state index contributed by atoms with van der Waals surface area (Å²) in [5.41, 5.74) is 9.11. The second-order valence-electron chi connectivity index (χ2n) is 8.35. The van der Waals surface area contributed by atoms with E-state index in [2.05, 4.69) is 14.7 Å². The number of hydrogen-bond acceptors (Lipinski definition) is 7. The number of rotatable bonds is 6. The van der Waals surface area contributed by atoms with Crippen molar-refractivity contribution < 1.29 is 26.7 Å². The fraction of sp³-hybridized carbons (Fsp3) is 0.250. The molecule has 36 heavy (non-hydrogen) atoms. The fourth-order valence-corrected chi connectivity index (χ4v) is 5.47. The lowest BCUT2D eigenvalue weighted by Crippen LogP contribution is -2.20. The van der Waals surface area contributed by atoms with Gasteiger partial charge in [-0.1, -0.05) is 6.07 Å². The molecule has 0 unspecified atom stereocenters. The third kappa shape index (κ3) is 4.44. The van der Waals surface area contributed by atoms with E-state index in [0.717, 1.165) is 41.6 Å². The first kappa shape index (κ1) is 23.9. The van der Waals surface area contributed by atoms with Crippen LogP contribution in [0.5, 0.6) is 5.88 Å². The van der Waals surface area contributed by atoms with Crippen molar-refractivity contribution in [2.24, 2.45) is 0 Å². The van der Waals surface area contributed by atoms with Crippen molar-refractivity contribution in [1.29, 1.82) is 0 Å². The summed E-state index contributed by atoms with van der Waals surface area (Å²) >= 11 is 0. The average Bonchev–Trinajstić information content (AvgIpc) is 3.19. The van der Waals surface area contributed by atoms with Gasteiger partial charge in [-0.2, -0.15) is 0 Å². The monoisotopic (exact) mass is 515 g/mol. The summed E-state index contributed by atoms with van der Waals surface area (Å²) in [5.74, 6) is -1.70. The molecule has 2 aromatic carbocycles. The number of nitrogen functional groups attached to an aromatic ring is 1. The van der Waals surface area contributed by atoms with Gasteiger partial charge in [0.05, 0.1) is 18.1 Å². The van der Waals surface area contributed by atoms with Crippen molar-refractivity contribution in [3.05, 3.63) is 60.3 Å². The summed E-state index contributed by atoms with van der Waals surface area (Å²) in [7, 11) is -3.07. The van der Waals surface area contributed by atoms with Gasteiger partial charge in [0.1, 0.15) is 22.2 Å². The lowest BCUT2D eigenvalue weighted by atomic mass is 10.1. The lowest BCUT2D eigenvalue weighted by molar-refractivity contribution is 0.0711. The summed E-state index contributed by atoms with van der Waals surface area (Å²) < 4.78 is 68.1. The summed E-state index contributed by atoms with van der Waals surface area (Å²) in [5, 5.41) is 0. The number of anilines is 2. The minimum absolute atomic E-state index is 0.00345. The standard InChI is InChI=1S/C24H23F2N5O4S/c1-34-23-20(30-36(32,33)22-5-3-16(25)12-18(22)26)10-15(13-28-23)14-2-4-19-21(11-14)31(24(27)29-19)17-6-8-35-9-7-17/h2-5,10-13,17,30H,6-9H2,1H3,(H2,27,29). The molecule has 0 atom stereocenters. The predicted octanol–water partition coefficient (Wildman–Crippen LogP) is 4.12. The smallest absolute Gasteiger partial charge is 0.264 e. The van der Waals surface area contributed by atoms with Gasteiger partial charge in [0, 0.05) is 37.1 Å². The summed E-state index contributed by atoms with van der Waals surface area (Å²) in [4.78, 5) is 7.99. The van der Waals surface area contributed by atoms with Gasteiger partial charge in [0.15, 0.2) is 0 Å². The molecule has 0 spiro atoms. The number of imidazole rings is 1. The van der Waals surface area contributed by atoms with Crippen molar-refractivity contribution in [3.63, 3.8) is 0 Å². The average molecular weight is 516 g/mol. The van der Waals surface area contributed by atoms with Gasteiger partial charge in [0.25, 0.3) is 10.0 Å². The van der Waals surface area contributed by atoms with E-state index >= 15 is 0 Å². The first-order valence-electron chi connectivity index (χ1n) is 11.1. The van der Waals surface area contributed by atoms with Gasteiger partial charge in [0.2, 0.25) is 11.8 Å². The molecule has 1 saturated heterocycles. The van der Waals surface area contributed by atoms with Gasteiger partial charge in [-0.3, -0.25) is 4.72 Å². The molecule has 3 heterocycles. The molecular formula is C24H23F2N5O4S. The maximum absolute atomic E-state index is 14.2. The Balaban J connectivity index is 1.54. The van der Waals surface area contributed by atoms with Crippen molar-refractivity contribution in [3.8, 4) is 17.0 Å². The number of fused-ring (bicyclic) bond motifs is 1. The Bertz CT molecular complexity index is 1550. The van der Waals surface area contributed by atoms with E-state index in [1.54, 1.807) is 0 Å². The van der Waals surface area contributed by atoms with Crippen LogP contribution in [0.4, 0.5) is 20.4 Å². The molecule has 0 amide bonds. The summed E-state index contributed by atoms with van der Waals surface area (Å²) in [6.45, 7) is 1.29. The van der Waals surface area contributed by atoms with Crippen molar-refractivity contribution in [2.45, 2.75) is 23.8 Å². The van der Waals surface area contributed by atoms with Gasteiger partial charge in [-0.25, -0.2) is 27.2 Å². The number of sulfonamides is 1. The Labute approximate surface area is 205 Å². The van der Waals surface area contributed by atoms with Crippen LogP contribution in [0.3, 0.4) is 0 Å². The van der Waals surface area contributed by atoms with Crippen LogP contribution >= 0.6 is 0 Å². The van der Waals surface area contributed by atoms with Crippen molar-refractivity contribution >= 4 is 32.7 Å². The largest absolute Gasteiger partial charge is 0.480 e. The van der Waals surface area contributed by atoms with Crippen LogP contribution in [-0.4, -0.2) is 43.3 Å². The zero-order chi connectivity index (χ0) is 25.4. The highest BCUT2D eigenvalue weighted by Crippen LogP contribution is 2.34. The highest BCUT2D eigenvalue weighted by Gasteiger charge is 2.23. The van der Waals surface area contributed by atoms with E-state index < -0.39 is 26.6 Å². The zero-order valence-corrected chi connectivity index (χ0v) is 20.1. The Morgan fingerprint density at radius 2 is 1.89 bits per heavy atom. The second kappa shape index (κ2) is 9.36. The first-order chi connectivity index (χ1) is 17.3. The quantitative estimate of drug-likeness (QED) is 0.396. The topological polar surface area (TPSA) is 121 Å². The minimum Gasteiger partial charge on any atom is -0.480 e. The third-order valence-corrected chi connectivity index (χ3v) is 7.48. The SMILES string of the molecule is COc1ncc(-c2ccc3nc(N)n(C4CCOCC4)c3c2)cc1NS(=O)(=O)c1ccc(F)cc1F. The summed E-state index contributed by atoms with van der Waals surface area (Å²) in [6, 6.07) is 9.48. The number of pyridine rings is 1. The number of benzene rings is 2. The number of halogens is 2. The Morgan fingerprint density at radius 3 is 2.61 bits per heavy atom. The number of nitrogens with two attached hydrogens (primary N) is 1. The molecule has 1 fully saturated rings. The summed E-state index contributed by atoms with van der Waals surface area (Å²) in [6.07, 6.45) is 3.17. The van der Waals surface area contributed by atoms with Crippen LogP contribution in [0.2, 0.25) is 0 Å². The molecule has 0 aliphatic carbocycles. The molecule has 9 nitrogen and oxygen atoms in total. The van der Waals surface area contributed by atoms with Crippen molar-refractivity contribution in [1.82, 2.24) is 14.5 Å². The van der Waals surface area contributed by atoms with E-state index in [9.17, 15) is 17.2 Å². The van der Waals surface area contributed by atoms with Crippen LogP contribution in [-0.2, 0) is 14.8 Å². The number of aromatic nitrogens is 3. The molecule has 4 aromatic rings. The molecule has 1 aliphatic heterocycles. The molecule has 5 rings (SSSR count). The molecule has 2 aromatic heterocycles. The molecule has 0 saturated carbocycles. The Hall–Kier alpha value is -3.77. The van der Waals surface area contributed by atoms with E-state index in [1.165, 1.54) is 19.4 Å². The number of ether oxygens (including phenoxy) is 2. The number of nitrogens with one attached hydrogen (secondary N) is 1. The Morgan fingerprint density at radius 1 is 1.11 bits per heavy atom. The Kier molecular flexibility index (Phi) is 6.22.